The van der Waals surface area contributed by atoms with Crippen molar-refractivity contribution in [3.05, 3.63) is 42.1 Å². The lowest BCUT2D eigenvalue weighted by atomic mass is 10.0. The topological polar surface area (TPSA) is 184 Å². The number of primary sulfonamides is 1. The number of rotatable bonds is 4. The highest BCUT2D eigenvalue weighted by Gasteiger charge is 2.20. The van der Waals surface area contributed by atoms with E-state index in [0.717, 1.165) is 0 Å². The van der Waals surface area contributed by atoms with E-state index in [1.54, 1.807) is 18.2 Å². The lowest BCUT2D eigenvalue weighted by molar-refractivity contribution is 0.398. The zero-order valence-electron chi connectivity index (χ0n) is 12.4. The average molecular weight is 338 g/mol. The summed E-state index contributed by atoms with van der Waals surface area (Å²) in [5.41, 5.74) is 6.65. The Morgan fingerprint density at radius 1 is 1.22 bits per heavy atom. The van der Waals surface area contributed by atoms with Crippen molar-refractivity contribution < 1.29 is 13.2 Å². The number of methoxy groups -OCH3 is 1. The van der Waals surface area contributed by atoms with Crippen LogP contribution >= 0.6 is 0 Å². The summed E-state index contributed by atoms with van der Waals surface area (Å²) in [5.74, 6) is 8.04. The SMILES string of the molecule is COc1ccc(-c2cccc(S(N)(=O)=O)c2C(=N)N)cn1.NN. The fourth-order valence-corrected chi connectivity index (χ4v) is 2.72. The molecule has 1 aromatic carbocycles. The monoisotopic (exact) mass is 338 g/mol. The summed E-state index contributed by atoms with van der Waals surface area (Å²) >= 11 is 0. The van der Waals surface area contributed by atoms with Crippen LogP contribution in [0.2, 0.25) is 0 Å². The largest absolute Gasteiger partial charge is 0.481 e. The molecule has 10 heteroatoms. The third-order valence-corrected chi connectivity index (χ3v) is 3.81. The van der Waals surface area contributed by atoms with Crippen LogP contribution < -0.4 is 27.3 Å². The van der Waals surface area contributed by atoms with Gasteiger partial charge in [-0.05, 0) is 17.7 Å². The number of nitrogens with one attached hydrogen (secondary N) is 1. The van der Waals surface area contributed by atoms with Crippen molar-refractivity contribution in [1.82, 2.24) is 4.98 Å². The molecular formula is C13H18N6O3S. The maximum Gasteiger partial charge on any atom is 0.238 e. The van der Waals surface area contributed by atoms with Crippen molar-refractivity contribution in [2.24, 2.45) is 22.6 Å². The van der Waals surface area contributed by atoms with Crippen LogP contribution in [0.1, 0.15) is 5.56 Å². The molecule has 124 valence electrons. The van der Waals surface area contributed by atoms with E-state index in [2.05, 4.69) is 16.7 Å². The summed E-state index contributed by atoms with van der Waals surface area (Å²) < 4.78 is 28.2. The zero-order valence-corrected chi connectivity index (χ0v) is 13.2. The number of hydrogen-bond acceptors (Lipinski definition) is 7. The Kier molecular flexibility index (Phi) is 6.16. The van der Waals surface area contributed by atoms with Gasteiger partial charge >= 0.3 is 0 Å². The van der Waals surface area contributed by atoms with Crippen LogP contribution in [-0.4, -0.2) is 26.3 Å². The van der Waals surface area contributed by atoms with Gasteiger partial charge in [0.1, 0.15) is 5.84 Å². The number of sulfonamides is 1. The Morgan fingerprint density at radius 3 is 2.30 bits per heavy atom. The van der Waals surface area contributed by atoms with E-state index in [1.807, 2.05) is 0 Å². The van der Waals surface area contributed by atoms with Crippen molar-refractivity contribution in [3.8, 4) is 17.0 Å². The molecule has 2 aromatic rings. The van der Waals surface area contributed by atoms with Gasteiger partial charge in [0, 0.05) is 23.4 Å². The fourth-order valence-electron chi connectivity index (χ4n) is 1.95. The molecular weight excluding hydrogens is 320 g/mol. The molecule has 0 amide bonds. The van der Waals surface area contributed by atoms with Crippen molar-refractivity contribution in [3.63, 3.8) is 0 Å². The maximum absolute atomic E-state index is 11.6. The van der Waals surface area contributed by atoms with Crippen molar-refractivity contribution in [1.29, 1.82) is 5.41 Å². The summed E-state index contributed by atoms with van der Waals surface area (Å²) in [5, 5.41) is 12.8. The Labute approximate surface area is 133 Å². The molecule has 0 bridgehead atoms. The number of nitrogens with two attached hydrogens (primary N) is 4. The number of pyridine rings is 1. The molecule has 0 aliphatic rings. The highest BCUT2D eigenvalue weighted by atomic mass is 32.2. The first-order chi connectivity index (χ1) is 10.8. The first-order valence-corrected chi connectivity index (χ1v) is 7.73. The zero-order chi connectivity index (χ0) is 17.6. The molecule has 0 atom stereocenters. The first kappa shape index (κ1) is 18.5. The predicted molar refractivity (Wildman–Crippen MR) is 87.0 cm³/mol. The van der Waals surface area contributed by atoms with Crippen LogP contribution in [0.25, 0.3) is 11.1 Å². The van der Waals surface area contributed by atoms with Crippen molar-refractivity contribution >= 4 is 15.9 Å². The summed E-state index contributed by atoms with van der Waals surface area (Å²) in [6, 6.07) is 7.82. The molecule has 0 radical (unpaired) electrons. The summed E-state index contributed by atoms with van der Waals surface area (Å²) in [6.07, 6.45) is 1.51. The maximum atomic E-state index is 11.6. The smallest absolute Gasteiger partial charge is 0.238 e. The van der Waals surface area contributed by atoms with Gasteiger partial charge in [-0.2, -0.15) is 0 Å². The van der Waals surface area contributed by atoms with Crippen LogP contribution in [-0.2, 0) is 10.0 Å². The molecule has 1 aromatic heterocycles. The Balaban J connectivity index is 0.00000127. The molecule has 0 fully saturated rings. The third-order valence-electron chi connectivity index (χ3n) is 2.86. The molecule has 0 unspecified atom stereocenters. The predicted octanol–water partition coefficient (Wildman–Crippen LogP) is -0.493. The number of amidine groups is 1. The van der Waals surface area contributed by atoms with Crippen molar-refractivity contribution in [2.75, 3.05) is 7.11 Å². The van der Waals surface area contributed by atoms with Gasteiger partial charge in [0.2, 0.25) is 15.9 Å². The van der Waals surface area contributed by atoms with E-state index >= 15 is 0 Å². The number of benzene rings is 1. The summed E-state index contributed by atoms with van der Waals surface area (Å²) in [6.45, 7) is 0. The third kappa shape index (κ3) is 4.23. The number of nitrogen functional groups attached to an aromatic ring is 1. The minimum absolute atomic E-state index is 0.0620. The van der Waals surface area contributed by atoms with E-state index in [9.17, 15) is 8.42 Å². The normalized spacial score (nSPS) is 10.4. The first-order valence-electron chi connectivity index (χ1n) is 6.18. The number of ether oxygens (including phenoxy) is 1. The van der Waals surface area contributed by atoms with Crippen LogP contribution in [0.3, 0.4) is 0 Å². The quantitative estimate of drug-likeness (QED) is 0.215. The molecule has 2 rings (SSSR count). The van der Waals surface area contributed by atoms with Gasteiger partial charge in [-0.1, -0.05) is 12.1 Å². The van der Waals surface area contributed by atoms with Gasteiger partial charge in [0.05, 0.1) is 12.0 Å². The van der Waals surface area contributed by atoms with Crippen LogP contribution in [0.15, 0.2) is 41.4 Å². The molecule has 9 N–H and O–H groups in total. The highest BCUT2D eigenvalue weighted by Crippen LogP contribution is 2.28. The average Bonchev–Trinajstić information content (AvgIpc) is 2.55. The standard InChI is InChI=1S/C13H14N4O3S.H4N2/c1-20-11-6-5-8(7-17-11)9-3-2-4-10(21(16,18)19)12(9)13(14)15;1-2/h2-7H,1H3,(H3,14,15)(H2,16,18,19);1-2H2. The second kappa shape index (κ2) is 7.65. The van der Waals surface area contributed by atoms with Crippen LogP contribution in [0.4, 0.5) is 0 Å². The van der Waals surface area contributed by atoms with Crippen LogP contribution in [0.5, 0.6) is 5.88 Å². The number of aromatic nitrogens is 1. The molecule has 23 heavy (non-hydrogen) atoms. The second-order valence-electron chi connectivity index (χ2n) is 4.23. The van der Waals surface area contributed by atoms with E-state index < -0.39 is 10.0 Å². The summed E-state index contributed by atoms with van der Waals surface area (Å²) in [4.78, 5) is 3.86. The fraction of sp³-hybridized carbons (Fsp3) is 0.0769. The highest BCUT2D eigenvalue weighted by molar-refractivity contribution is 7.89. The Morgan fingerprint density at radius 2 is 1.87 bits per heavy atom. The summed E-state index contributed by atoms with van der Waals surface area (Å²) in [7, 11) is -2.50. The number of hydrogen-bond donors (Lipinski definition) is 5. The molecule has 0 saturated heterocycles. The Hall–Kier alpha value is -2.53. The lowest BCUT2D eigenvalue weighted by Gasteiger charge is -2.12. The molecule has 0 aliphatic heterocycles. The van der Waals surface area contributed by atoms with Gasteiger partial charge in [-0.25, -0.2) is 18.5 Å². The minimum atomic E-state index is -3.99. The van der Waals surface area contributed by atoms with Gasteiger partial charge in [0.15, 0.2) is 0 Å². The number of nitrogens with zero attached hydrogens (tertiary/aromatic N) is 1. The molecule has 9 nitrogen and oxygen atoms in total. The van der Waals surface area contributed by atoms with E-state index in [1.165, 1.54) is 25.4 Å². The van der Waals surface area contributed by atoms with Gasteiger partial charge in [-0.3, -0.25) is 17.1 Å². The molecule has 0 aliphatic carbocycles. The second-order valence-corrected chi connectivity index (χ2v) is 5.76. The molecule has 1 heterocycles. The van der Waals surface area contributed by atoms with Gasteiger partial charge < -0.3 is 10.5 Å². The van der Waals surface area contributed by atoms with Crippen LogP contribution in [0, 0.1) is 5.41 Å². The Bertz CT molecular complexity index is 790. The lowest BCUT2D eigenvalue weighted by Crippen LogP contribution is -2.21. The van der Waals surface area contributed by atoms with E-state index in [0.29, 0.717) is 17.0 Å². The van der Waals surface area contributed by atoms with E-state index in [-0.39, 0.29) is 16.3 Å². The van der Waals surface area contributed by atoms with Gasteiger partial charge in [-0.15, -0.1) is 0 Å². The van der Waals surface area contributed by atoms with Crippen molar-refractivity contribution in [2.45, 2.75) is 4.90 Å². The van der Waals surface area contributed by atoms with Gasteiger partial charge in [0.25, 0.3) is 0 Å². The molecule has 0 saturated carbocycles. The van der Waals surface area contributed by atoms with E-state index in [4.69, 9.17) is 21.0 Å². The minimum Gasteiger partial charge on any atom is -0.481 e. The molecule has 0 spiro atoms. The number of hydrazine groups is 1.